The van der Waals surface area contributed by atoms with E-state index in [-0.39, 0.29) is 18.9 Å². The molecular formula is C18H18N2O7. The second-order valence-corrected chi connectivity index (χ2v) is 5.47. The number of hydrogen-bond donors (Lipinski definition) is 2. The van der Waals surface area contributed by atoms with Crippen molar-refractivity contribution in [2.24, 2.45) is 0 Å². The number of amides is 1. The average molecular weight is 374 g/mol. The van der Waals surface area contributed by atoms with Crippen LogP contribution in [0, 0.1) is 10.1 Å². The first kappa shape index (κ1) is 19.9. The van der Waals surface area contributed by atoms with Crippen LogP contribution in [0.15, 0.2) is 54.6 Å². The van der Waals surface area contributed by atoms with Gasteiger partial charge in [0, 0.05) is 12.1 Å². The molecule has 0 aliphatic rings. The lowest BCUT2D eigenvalue weighted by molar-refractivity contribution is -0.384. The van der Waals surface area contributed by atoms with Crippen LogP contribution in [0.2, 0.25) is 0 Å². The number of esters is 1. The third-order valence-corrected chi connectivity index (χ3v) is 3.50. The number of benzene rings is 2. The van der Waals surface area contributed by atoms with Gasteiger partial charge in [-0.1, -0.05) is 30.3 Å². The zero-order valence-corrected chi connectivity index (χ0v) is 14.2. The first-order valence-corrected chi connectivity index (χ1v) is 7.97. The van der Waals surface area contributed by atoms with Gasteiger partial charge in [0.2, 0.25) is 0 Å². The molecule has 0 aromatic heterocycles. The maximum atomic E-state index is 11.9. The molecule has 0 saturated heterocycles. The smallest absolute Gasteiger partial charge is 0.408 e. The van der Waals surface area contributed by atoms with Crippen molar-refractivity contribution in [1.29, 1.82) is 0 Å². The molecule has 0 fully saturated rings. The summed E-state index contributed by atoms with van der Waals surface area (Å²) in [4.78, 5) is 33.8. The number of nitro benzene ring substituents is 1. The van der Waals surface area contributed by atoms with Crippen LogP contribution < -0.4 is 5.32 Å². The maximum Gasteiger partial charge on any atom is 0.408 e. The highest BCUT2D eigenvalue weighted by molar-refractivity contribution is 5.81. The fourth-order valence-electron chi connectivity index (χ4n) is 2.06. The molecule has 0 bridgehead atoms. The number of non-ortho nitro benzene ring substituents is 1. The molecule has 1 amide bonds. The number of aliphatic hydroxyl groups is 1. The Morgan fingerprint density at radius 1 is 1.00 bits per heavy atom. The number of nitrogens with one attached hydrogen (secondary N) is 1. The number of carbonyl (C=O) groups excluding carboxylic acids is 2. The van der Waals surface area contributed by atoms with Crippen LogP contribution in [-0.4, -0.2) is 34.7 Å². The van der Waals surface area contributed by atoms with Crippen LogP contribution in [-0.2, 0) is 27.5 Å². The third-order valence-electron chi connectivity index (χ3n) is 3.50. The van der Waals surface area contributed by atoms with E-state index in [1.165, 1.54) is 24.3 Å². The number of nitrogens with zero attached hydrogens (tertiary/aromatic N) is 1. The van der Waals surface area contributed by atoms with Crippen molar-refractivity contribution in [3.05, 3.63) is 75.8 Å². The van der Waals surface area contributed by atoms with Crippen LogP contribution in [0.3, 0.4) is 0 Å². The zero-order valence-electron chi connectivity index (χ0n) is 14.2. The number of rotatable bonds is 8. The van der Waals surface area contributed by atoms with E-state index in [4.69, 9.17) is 9.47 Å². The minimum atomic E-state index is -1.27. The summed E-state index contributed by atoms with van der Waals surface area (Å²) in [5.74, 6) is -0.798. The van der Waals surface area contributed by atoms with Crippen LogP contribution in [0.5, 0.6) is 0 Å². The van der Waals surface area contributed by atoms with Crippen molar-refractivity contribution in [2.75, 3.05) is 6.61 Å². The summed E-state index contributed by atoms with van der Waals surface area (Å²) in [5.41, 5.74) is 1.22. The Hall–Kier alpha value is -3.46. The Labute approximate surface area is 154 Å². The number of aliphatic hydroxyl groups excluding tert-OH is 1. The van der Waals surface area contributed by atoms with Crippen molar-refractivity contribution in [3.63, 3.8) is 0 Å². The minimum absolute atomic E-state index is 0.00962. The summed E-state index contributed by atoms with van der Waals surface area (Å²) in [5, 5.41) is 22.1. The summed E-state index contributed by atoms with van der Waals surface area (Å²) in [6.07, 6.45) is -0.927. The zero-order chi connectivity index (χ0) is 19.6. The van der Waals surface area contributed by atoms with Crippen molar-refractivity contribution >= 4 is 17.7 Å². The van der Waals surface area contributed by atoms with Crippen LogP contribution >= 0.6 is 0 Å². The van der Waals surface area contributed by atoms with E-state index in [9.17, 15) is 24.8 Å². The van der Waals surface area contributed by atoms with Gasteiger partial charge in [-0.05, 0) is 23.3 Å². The van der Waals surface area contributed by atoms with E-state index < -0.39 is 29.6 Å². The molecule has 0 aliphatic carbocycles. The molecule has 0 spiro atoms. The molecule has 9 nitrogen and oxygen atoms in total. The van der Waals surface area contributed by atoms with E-state index >= 15 is 0 Å². The average Bonchev–Trinajstić information content (AvgIpc) is 2.69. The van der Waals surface area contributed by atoms with E-state index in [0.29, 0.717) is 5.56 Å². The van der Waals surface area contributed by atoms with E-state index in [1.807, 2.05) is 6.07 Å². The lowest BCUT2D eigenvalue weighted by Gasteiger charge is -2.15. The standard InChI is InChI=1S/C18H18N2O7/c21-10-16(17(22)26-11-13-4-2-1-3-5-13)19-18(23)27-12-14-6-8-15(9-7-14)20(24)25/h1-9,16,21H,10-12H2,(H,19,23)/t16-/m0/s1. The predicted molar refractivity (Wildman–Crippen MR) is 93.5 cm³/mol. The fraction of sp³-hybridized carbons (Fsp3) is 0.222. The van der Waals surface area contributed by atoms with Gasteiger partial charge in [0.1, 0.15) is 13.2 Å². The molecule has 27 heavy (non-hydrogen) atoms. The molecule has 0 aliphatic heterocycles. The SMILES string of the molecule is O=C(N[C@@H](CO)C(=O)OCc1ccccc1)OCc1ccc([N+](=O)[O-])cc1. The molecule has 2 aromatic carbocycles. The molecule has 1 atom stereocenters. The van der Waals surface area contributed by atoms with Crippen molar-refractivity contribution in [1.82, 2.24) is 5.32 Å². The van der Waals surface area contributed by atoms with Gasteiger partial charge in [0.15, 0.2) is 6.04 Å². The molecule has 2 aromatic rings. The molecule has 9 heteroatoms. The van der Waals surface area contributed by atoms with Crippen molar-refractivity contribution in [3.8, 4) is 0 Å². The fourth-order valence-corrected chi connectivity index (χ4v) is 2.06. The number of carbonyl (C=O) groups is 2. The number of ether oxygens (including phenoxy) is 2. The van der Waals surface area contributed by atoms with E-state index in [2.05, 4.69) is 5.32 Å². The number of hydrogen-bond acceptors (Lipinski definition) is 7. The van der Waals surface area contributed by atoms with Crippen LogP contribution in [0.1, 0.15) is 11.1 Å². The van der Waals surface area contributed by atoms with Crippen molar-refractivity contribution in [2.45, 2.75) is 19.3 Å². The van der Waals surface area contributed by atoms with E-state index in [0.717, 1.165) is 5.56 Å². The molecule has 2 rings (SSSR count). The van der Waals surface area contributed by atoms with Gasteiger partial charge >= 0.3 is 12.1 Å². The molecule has 0 saturated carbocycles. The second kappa shape index (κ2) is 9.88. The lowest BCUT2D eigenvalue weighted by atomic mass is 10.2. The van der Waals surface area contributed by atoms with Gasteiger partial charge in [-0.25, -0.2) is 9.59 Å². The van der Waals surface area contributed by atoms with Crippen molar-refractivity contribution < 1.29 is 29.1 Å². The molecule has 0 heterocycles. The summed E-state index contributed by atoms with van der Waals surface area (Å²) < 4.78 is 9.98. The Morgan fingerprint density at radius 3 is 2.19 bits per heavy atom. The highest BCUT2D eigenvalue weighted by Gasteiger charge is 2.22. The largest absolute Gasteiger partial charge is 0.459 e. The Bertz CT molecular complexity index is 778. The normalized spacial score (nSPS) is 11.3. The molecule has 0 unspecified atom stereocenters. The summed E-state index contributed by atoms with van der Waals surface area (Å²) in [6, 6.07) is 13.2. The van der Waals surface area contributed by atoms with Gasteiger partial charge < -0.3 is 19.9 Å². The summed E-state index contributed by atoms with van der Waals surface area (Å²) >= 11 is 0. The van der Waals surface area contributed by atoms with Gasteiger partial charge in [-0.2, -0.15) is 0 Å². The van der Waals surface area contributed by atoms with E-state index in [1.54, 1.807) is 24.3 Å². The summed E-state index contributed by atoms with van der Waals surface area (Å²) in [6.45, 7) is -0.795. The summed E-state index contributed by atoms with van der Waals surface area (Å²) in [7, 11) is 0. The quantitative estimate of drug-likeness (QED) is 0.410. The molecule has 142 valence electrons. The Morgan fingerprint density at radius 2 is 1.59 bits per heavy atom. The van der Waals surface area contributed by atoms with Crippen LogP contribution in [0.4, 0.5) is 10.5 Å². The third kappa shape index (κ3) is 6.40. The highest BCUT2D eigenvalue weighted by atomic mass is 16.6. The van der Waals surface area contributed by atoms with Gasteiger partial charge in [-0.15, -0.1) is 0 Å². The monoisotopic (exact) mass is 374 g/mol. The highest BCUT2D eigenvalue weighted by Crippen LogP contribution is 2.12. The lowest BCUT2D eigenvalue weighted by Crippen LogP contribution is -2.44. The minimum Gasteiger partial charge on any atom is -0.459 e. The van der Waals surface area contributed by atoms with Gasteiger partial charge in [0.25, 0.3) is 5.69 Å². The van der Waals surface area contributed by atoms with Gasteiger partial charge in [0.05, 0.1) is 11.5 Å². The van der Waals surface area contributed by atoms with Gasteiger partial charge in [-0.3, -0.25) is 10.1 Å². The number of nitro groups is 1. The maximum absolute atomic E-state index is 11.9. The molecule has 2 N–H and O–H groups in total. The first-order chi connectivity index (χ1) is 13.0. The molecular weight excluding hydrogens is 356 g/mol. The first-order valence-electron chi connectivity index (χ1n) is 7.97. The Balaban J connectivity index is 1.79. The number of alkyl carbamates (subject to hydrolysis) is 1. The van der Waals surface area contributed by atoms with Crippen LogP contribution in [0.25, 0.3) is 0 Å². The predicted octanol–water partition coefficient (Wildman–Crippen LogP) is 1.93. The second-order valence-electron chi connectivity index (χ2n) is 5.47. The topological polar surface area (TPSA) is 128 Å². The Kier molecular flexibility index (Phi) is 7.26. The molecule has 0 radical (unpaired) electrons.